The number of piperidine rings is 1. The summed E-state index contributed by atoms with van der Waals surface area (Å²) in [4.78, 5) is 25.9. The second-order valence-corrected chi connectivity index (χ2v) is 13.5. The van der Waals surface area contributed by atoms with Gasteiger partial charge < -0.3 is 44.3 Å². The quantitative estimate of drug-likeness (QED) is 0.249. The molecule has 11 nitrogen and oxygen atoms in total. The van der Waals surface area contributed by atoms with Crippen LogP contribution in [0.5, 0.6) is 0 Å². The van der Waals surface area contributed by atoms with Crippen LogP contribution >= 0.6 is 0 Å². The van der Waals surface area contributed by atoms with E-state index in [1.54, 1.807) is 45.6 Å². The molecule has 7 bridgehead atoms. The van der Waals surface area contributed by atoms with Crippen molar-refractivity contribution in [3.05, 3.63) is 35.0 Å². The van der Waals surface area contributed by atoms with E-state index in [1.165, 1.54) is 6.92 Å². The van der Waals surface area contributed by atoms with Gasteiger partial charge in [-0.2, -0.15) is 0 Å². The van der Waals surface area contributed by atoms with Gasteiger partial charge in [0.25, 0.3) is 5.72 Å². The van der Waals surface area contributed by atoms with Crippen LogP contribution in [0.2, 0.25) is 0 Å². The number of quaternary nitrogens is 1. The molecule has 1 heterocycles. The fourth-order valence-electron chi connectivity index (χ4n) is 11.8. The summed E-state index contributed by atoms with van der Waals surface area (Å²) in [7, 11) is 4.84. The lowest BCUT2D eigenvalue weighted by Gasteiger charge is -2.65. The predicted octanol–water partition coefficient (Wildman–Crippen LogP) is 2.19. The molecule has 1 amide bonds. The van der Waals surface area contributed by atoms with E-state index in [2.05, 4.69) is 5.32 Å². The Labute approximate surface area is 245 Å². The van der Waals surface area contributed by atoms with Crippen molar-refractivity contribution in [3.63, 3.8) is 0 Å². The lowest BCUT2D eigenvalue weighted by Crippen LogP contribution is -2.80. The van der Waals surface area contributed by atoms with Gasteiger partial charge in [-0.3, -0.25) is 4.79 Å². The molecule has 6 aliphatic rings. The van der Waals surface area contributed by atoms with Crippen molar-refractivity contribution in [1.29, 1.82) is 0 Å². The number of aliphatic hydroxyl groups is 2. The number of rotatable bonds is 7. The molecule has 7 rings (SSSR count). The molecule has 6 fully saturated rings. The van der Waals surface area contributed by atoms with E-state index in [0.29, 0.717) is 31.4 Å². The van der Waals surface area contributed by atoms with Crippen LogP contribution in [0.1, 0.15) is 56.3 Å². The summed E-state index contributed by atoms with van der Waals surface area (Å²) >= 11 is 0. The summed E-state index contributed by atoms with van der Waals surface area (Å²) in [5.41, 5.74) is -5.01. The number of ether oxygens (including phenoxy) is 4. The molecule has 0 radical (unpaired) electrons. The maximum atomic E-state index is 15.6. The number of hydrogen-bond acceptors (Lipinski definition) is 9. The largest absolute Gasteiger partial charge is 0.630 e. The van der Waals surface area contributed by atoms with Gasteiger partial charge in [-0.1, -0.05) is 12.1 Å². The lowest BCUT2D eigenvalue weighted by atomic mass is 9.48. The third-order valence-corrected chi connectivity index (χ3v) is 12.7. The van der Waals surface area contributed by atoms with E-state index in [9.17, 15) is 19.8 Å². The number of nitrogens with zero attached hydrogens (tertiary/aromatic N) is 1. The minimum atomic E-state index is -1.62. The number of para-hydroxylation sites is 1. The Morgan fingerprint density at radius 2 is 1.83 bits per heavy atom. The number of carbonyl (C=O) groups is 2. The van der Waals surface area contributed by atoms with Crippen LogP contribution in [0.4, 0.5) is 5.69 Å². The topological polar surface area (TPSA) is 147 Å². The maximum absolute atomic E-state index is 15.6. The molecule has 11 heteroatoms. The molecule has 1 aromatic rings. The van der Waals surface area contributed by atoms with Crippen molar-refractivity contribution < 1.29 is 43.4 Å². The zero-order chi connectivity index (χ0) is 30.0. The SMILES string of the molecule is CC[N@+]1([O-])[C@@H]2[C@@H]3C[C@@H]4[C@@]2([C@@H](OC)CC[C@]41OC(=O)c1ccccc1NC(C)=O)[C@@H]1C[C@@H]2[C@@H](OC)C[C@@]3(O)[C@@]1(O)[C@H]2OC. The minimum absolute atomic E-state index is 0.128. The van der Waals surface area contributed by atoms with Gasteiger partial charge in [0.05, 0.1) is 47.4 Å². The van der Waals surface area contributed by atoms with Gasteiger partial charge >= 0.3 is 5.97 Å². The van der Waals surface area contributed by atoms with Crippen molar-refractivity contribution in [2.75, 3.05) is 33.2 Å². The molecular formula is C31H42N2O9. The summed E-state index contributed by atoms with van der Waals surface area (Å²) in [6.45, 7) is 3.31. The second-order valence-electron chi connectivity index (χ2n) is 13.5. The summed E-state index contributed by atoms with van der Waals surface area (Å²) in [5.74, 6) is -2.70. The molecule has 13 atom stereocenters. The summed E-state index contributed by atoms with van der Waals surface area (Å²) in [6, 6.07) is 5.98. The number of anilines is 1. The molecule has 1 aliphatic heterocycles. The number of hydrogen-bond donors (Lipinski definition) is 3. The van der Waals surface area contributed by atoms with Crippen LogP contribution in [0, 0.1) is 34.3 Å². The van der Waals surface area contributed by atoms with Crippen LogP contribution in [0.15, 0.2) is 24.3 Å². The highest BCUT2D eigenvalue weighted by Gasteiger charge is 2.95. The van der Waals surface area contributed by atoms with Gasteiger partial charge in [-0.15, -0.1) is 0 Å². The Hall–Kier alpha value is -2.12. The van der Waals surface area contributed by atoms with E-state index in [-0.39, 0.29) is 42.6 Å². The highest BCUT2D eigenvalue weighted by Crippen LogP contribution is 2.83. The van der Waals surface area contributed by atoms with Crippen LogP contribution < -0.4 is 5.32 Å². The van der Waals surface area contributed by atoms with Crippen LogP contribution in [0.3, 0.4) is 0 Å². The van der Waals surface area contributed by atoms with E-state index in [1.807, 2.05) is 6.92 Å². The molecule has 1 saturated heterocycles. The number of nitrogens with one attached hydrogen (secondary N) is 1. The molecule has 5 aliphatic carbocycles. The van der Waals surface area contributed by atoms with Gasteiger partial charge in [-0.05, 0) is 38.3 Å². The Kier molecular flexibility index (Phi) is 6.11. The van der Waals surface area contributed by atoms with Gasteiger partial charge in [0, 0.05) is 58.8 Å². The highest BCUT2D eigenvalue weighted by molar-refractivity contribution is 6.00. The molecule has 0 unspecified atom stereocenters. The van der Waals surface area contributed by atoms with Crippen LogP contribution in [-0.2, 0) is 23.7 Å². The molecule has 230 valence electrons. The fraction of sp³-hybridized carbons (Fsp3) is 0.742. The number of amides is 1. The summed E-state index contributed by atoms with van der Waals surface area (Å²) in [5, 5.41) is 43.7. The average molecular weight is 587 g/mol. The van der Waals surface area contributed by atoms with E-state index >= 15 is 5.21 Å². The Bertz CT molecular complexity index is 1330. The van der Waals surface area contributed by atoms with Crippen molar-refractivity contribution in [3.8, 4) is 0 Å². The molecule has 0 aromatic heterocycles. The third kappa shape index (κ3) is 2.87. The normalized spacial score (nSPS) is 51.0. The third-order valence-electron chi connectivity index (χ3n) is 12.7. The smallest absolute Gasteiger partial charge is 0.344 e. The van der Waals surface area contributed by atoms with Crippen LogP contribution in [-0.4, -0.2) is 95.9 Å². The van der Waals surface area contributed by atoms with Crippen molar-refractivity contribution in [2.45, 2.75) is 87.2 Å². The number of fused-ring (bicyclic) bond motifs is 2. The first-order valence-corrected chi connectivity index (χ1v) is 15.2. The first-order valence-electron chi connectivity index (χ1n) is 15.2. The average Bonchev–Trinajstić information content (AvgIpc) is 3.49. The van der Waals surface area contributed by atoms with Crippen molar-refractivity contribution >= 4 is 17.6 Å². The Balaban J connectivity index is 1.40. The lowest BCUT2D eigenvalue weighted by molar-refractivity contribution is -0.975. The first kappa shape index (κ1) is 28.6. The Morgan fingerprint density at radius 1 is 1.10 bits per heavy atom. The predicted molar refractivity (Wildman–Crippen MR) is 149 cm³/mol. The molecule has 1 aromatic carbocycles. The summed E-state index contributed by atoms with van der Waals surface area (Å²) < 4.78 is 23.8. The zero-order valence-corrected chi connectivity index (χ0v) is 24.9. The van der Waals surface area contributed by atoms with E-state index in [0.717, 1.165) is 0 Å². The number of methoxy groups -OCH3 is 3. The monoisotopic (exact) mass is 586 g/mol. The standard InChI is InChI=1S/C31H42N2O9/c1-6-33(38)25-19-14-22-29(33,42-27(35)17-9-7-8-10-20(17)32-16(2)34)12-11-24(40-4)30(22,25)23-13-18-21(39-3)15-28(19,36)31(23,37)26(18)41-5/h7-10,18-19,21-26,36-37H,6,11-15H2,1-5H3,(H,32,34)/t18-,19+,21+,22+,23+,24+,25-,26+,28+,29+,30+,31+,33+/m1/s1. The molecular weight excluding hydrogens is 544 g/mol. The second kappa shape index (κ2) is 8.97. The highest BCUT2D eigenvalue weighted by atomic mass is 16.7. The van der Waals surface area contributed by atoms with Gasteiger partial charge in [-0.25, -0.2) is 4.79 Å². The zero-order valence-electron chi connectivity index (χ0n) is 24.9. The number of likely N-dealkylation sites (tertiary alicyclic amines) is 1. The van der Waals surface area contributed by atoms with Crippen molar-refractivity contribution in [1.82, 2.24) is 0 Å². The van der Waals surface area contributed by atoms with Crippen LogP contribution in [0.25, 0.3) is 0 Å². The number of hydroxylamine groups is 3. The Morgan fingerprint density at radius 3 is 2.48 bits per heavy atom. The van der Waals surface area contributed by atoms with E-state index in [4.69, 9.17) is 18.9 Å². The van der Waals surface area contributed by atoms with E-state index < -0.39 is 62.9 Å². The fourth-order valence-corrected chi connectivity index (χ4v) is 11.8. The molecule has 5 saturated carbocycles. The minimum Gasteiger partial charge on any atom is -0.630 e. The number of carbonyl (C=O) groups excluding carboxylic acids is 2. The van der Waals surface area contributed by atoms with Gasteiger partial charge in [0.15, 0.2) is 0 Å². The molecule has 3 N–H and O–H groups in total. The van der Waals surface area contributed by atoms with Gasteiger partial charge in [0.1, 0.15) is 17.2 Å². The van der Waals surface area contributed by atoms with Crippen molar-refractivity contribution in [2.24, 2.45) is 29.1 Å². The first-order chi connectivity index (χ1) is 20.0. The molecule has 42 heavy (non-hydrogen) atoms. The van der Waals surface area contributed by atoms with Gasteiger partial charge in [0.2, 0.25) is 5.91 Å². The molecule has 1 spiro atoms. The maximum Gasteiger partial charge on any atom is 0.344 e. The number of esters is 1. The summed E-state index contributed by atoms with van der Waals surface area (Å²) in [6.07, 6.45) is 0.547. The number of benzene rings is 1.